The number of hydrogen-bond acceptors (Lipinski definition) is 3. The molecule has 6 heteroatoms. The molecule has 2 rings (SSSR count). The van der Waals surface area contributed by atoms with Crippen LogP contribution in [-0.2, 0) is 11.3 Å². The fourth-order valence-electron chi connectivity index (χ4n) is 1.79. The Hall–Kier alpha value is -2.37. The normalized spacial score (nSPS) is 13.8. The number of rotatable bonds is 3. The third-order valence-electron chi connectivity index (χ3n) is 2.66. The van der Waals surface area contributed by atoms with Crippen molar-refractivity contribution in [1.82, 2.24) is 15.5 Å². The summed E-state index contributed by atoms with van der Waals surface area (Å²) in [5.41, 5.74) is 1.34. The molecule has 0 bridgehead atoms. The molecule has 6 nitrogen and oxygen atoms in total. The predicted octanol–water partition coefficient (Wildman–Crippen LogP) is 0.734. The van der Waals surface area contributed by atoms with E-state index in [1.165, 1.54) is 4.90 Å². The first-order valence-electron chi connectivity index (χ1n) is 5.50. The highest BCUT2D eigenvalue weighted by Gasteiger charge is 2.26. The van der Waals surface area contributed by atoms with Gasteiger partial charge in [0.2, 0.25) is 5.91 Å². The molecule has 1 heterocycles. The zero-order valence-electron chi connectivity index (χ0n) is 9.90. The van der Waals surface area contributed by atoms with Crippen LogP contribution >= 0.6 is 0 Å². The smallest absolute Gasteiger partial charge is 0.324 e. The van der Waals surface area contributed by atoms with Crippen LogP contribution in [0.15, 0.2) is 24.3 Å². The number of amides is 4. The maximum absolute atomic E-state index is 11.5. The predicted molar refractivity (Wildman–Crippen MR) is 70.5 cm³/mol. The second kappa shape index (κ2) is 5.99. The zero-order chi connectivity index (χ0) is 13.1. The van der Waals surface area contributed by atoms with E-state index in [0.29, 0.717) is 12.1 Å². The second-order valence-electron chi connectivity index (χ2n) is 3.99. The summed E-state index contributed by atoms with van der Waals surface area (Å²) in [6.07, 6.45) is 0. The van der Waals surface area contributed by atoms with E-state index in [0.717, 1.165) is 5.56 Å². The molecule has 4 amide bonds. The lowest BCUT2D eigenvalue weighted by atomic mass is 10.1. The number of benzene rings is 1. The van der Waals surface area contributed by atoms with Gasteiger partial charge in [-0.25, -0.2) is 4.79 Å². The molecule has 0 aromatic heterocycles. The largest absolute Gasteiger partial charge is 0.355 e. The Bertz CT molecular complexity index is 514. The van der Waals surface area contributed by atoms with Crippen molar-refractivity contribution < 1.29 is 14.4 Å². The van der Waals surface area contributed by atoms with Crippen molar-refractivity contribution in [3.8, 4) is 0 Å². The molecule has 2 N–H and O–H groups in total. The average Bonchev–Trinajstić information content (AvgIpc) is 2.67. The maximum atomic E-state index is 11.5. The summed E-state index contributed by atoms with van der Waals surface area (Å²) in [6, 6.07) is 6.55. The Morgan fingerprint density at radius 3 is 2.74 bits per heavy atom. The summed E-state index contributed by atoms with van der Waals surface area (Å²) in [5, 5.41) is 4.74. The van der Waals surface area contributed by atoms with E-state index in [-0.39, 0.29) is 25.8 Å². The van der Waals surface area contributed by atoms with Crippen molar-refractivity contribution in [2.24, 2.45) is 0 Å². The number of urea groups is 1. The maximum Gasteiger partial charge on any atom is 0.324 e. The quantitative estimate of drug-likeness (QED) is 0.789. The van der Waals surface area contributed by atoms with Gasteiger partial charge < -0.3 is 10.2 Å². The zero-order valence-corrected chi connectivity index (χ0v) is 9.90. The minimum atomic E-state index is -0.398. The summed E-state index contributed by atoms with van der Waals surface area (Å²) in [7, 11) is 1.56. The molecular weight excluding hydrogens is 246 g/mol. The summed E-state index contributed by atoms with van der Waals surface area (Å²) in [4.78, 5) is 35.3. The van der Waals surface area contributed by atoms with E-state index < -0.39 is 6.03 Å². The van der Waals surface area contributed by atoms with E-state index in [1.807, 2.05) is 6.07 Å². The first-order chi connectivity index (χ1) is 8.60. The van der Waals surface area contributed by atoms with Gasteiger partial charge in [0.1, 0.15) is 6.54 Å². The molecule has 0 aliphatic carbocycles. The number of nitrogens with one attached hydrogen (secondary N) is 2. The molecule has 1 fully saturated rings. The van der Waals surface area contributed by atoms with E-state index in [2.05, 4.69) is 10.6 Å². The lowest BCUT2D eigenvalue weighted by Crippen LogP contribution is -2.27. The first-order valence-corrected chi connectivity index (χ1v) is 5.50. The van der Waals surface area contributed by atoms with Gasteiger partial charge in [-0.3, -0.25) is 14.9 Å². The summed E-state index contributed by atoms with van der Waals surface area (Å²) >= 11 is 0. The van der Waals surface area contributed by atoms with Crippen LogP contribution in [0.2, 0.25) is 0 Å². The van der Waals surface area contributed by atoms with Crippen LogP contribution in [0.1, 0.15) is 23.3 Å². The van der Waals surface area contributed by atoms with Gasteiger partial charge in [0, 0.05) is 19.2 Å². The van der Waals surface area contributed by atoms with E-state index >= 15 is 0 Å². The van der Waals surface area contributed by atoms with Crippen LogP contribution in [0, 0.1) is 0 Å². The van der Waals surface area contributed by atoms with Gasteiger partial charge in [-0.1, -0.05) is 19.6 Å². The Kier molecular flexibility index (Phi) is 4.63. The molecule has 0 spiro atoms. The monoisotopic (exact) mass is 263 g/mol. The van der Waals surface area contributed by atoms with Crippen LogP contribution in [0.4, 0.5) is 4.79 Å². The third-order valence-corrected chi connectivity index (χ3v) is 2.66. The van der Waals surface area contributed by atoms with Gasteiger partial charge in [0.15, 0.2) is 0 Å². The molecule has 1 aromatic carbocycles. The van der Waals surface area contributed by atoms with Gasteiger partial charge in [-0.2, -0.15) is 0 Å². The number of carbonyl (C=O) groups is 3. The number of nitrogens with zero attached hydrogens (tertiary/aromatic N) is 1. The third kappa shape index (κ3) is 3.31. The molecule has 0 atom stereocenters. The Morgan fingerprint density at radius 1 is 1.42 bits per heavy atom. The van der Waals surface area contributed by atoms with Gasteiger partial charge >= 0.3 is 6.03 Å². The van der Waals surface area contributed by atoms with Crippen molar-refractivity contribution in [2.45, 2.75) is 14.0 Å². The molecule has 1 aliphatic heterocycles. The van der Waals surface area contributed by atoms with Crippen LogP contribution in [-0.4, -0.2) is 36.3 Å². The molecule has 0 saturated carbocycles. The molecular formula is C13H17N3O3. The van der Waals surface area contributed by atoms with Crippen LogP contribution in [0.5, 0.6) is 0 Å². The highest BCUT2D eigenvalue weighted by molar-refractivity contribution is 6.01. The topological polar surface area (TPSA) is 78.5 Å². The average molecular weight is 263 g/mol. The number of hydrogen-bond donors (Lipinski definition) is 2. The summed E-state index contributed by atoms with van der Waals surface area (Å²) in [6.45, 7) is 0.367. The van der Waals surface area contributed by atoms with Crippen LogP contribution < -0.4 is 10.6 Å². The minimum Gasteiger partial charge on any atom is -0.355 e. The van der Waals surface area contributed by atoms with Gasteiger partial charge in [-0.15, -0.1) is 0 Å². The highest BCUT2D eigenvalue weighted by atomic mass is 16.2. The van der Waals surface area contributed by atoms with Crippen molar-refractivity contribution >= 4 is 17.8 Å². The molecule has 102 valence electrons. The van der Waals surface area contributed by atoms with Crippen molar-refractivity contribution in [2.75, 3.05) is 13.6 Å². The molecule has 0 radical (unpaired) electrons. The Labute approximate surface area is 111 Å². The van der Waals surface area contributed by atoms with Gasteiger partial charge in [0.25, 0.3) is 5.91 Å². The lowest BCUT2D eigenvalue weighted by molar-refractivity contribution is -0.118. The van der Waals surface area contributed by atoms with Gasteiger partial charge in [-0.05, 0) is 17.7 Å². The number of carbonyl (C=O) groups excluding carboxylic acids is 3. The Balaban J connectivity index is 0.00000180. The Morgan fingerprint density at radius 2 is 2.16 bits per heavy atom. The molecule has 0 unspecified atom stereocenters. The fraction of sp³-hybridized carbons (Fsp3) is 0.308. The summed E-state index contributed by atoms with van der Waals surface area (Å²) in [5.74, 6) is -0.485. The second-order valence-corrected chi connectivity index (χ2v) is 3.99. The van der Waals surface area contributed by atoms with Gasteiger partial charge in [0.05, 0.1) is 0 Å². The summed E-state index contributed by atoms with van der Waals surface area (Å²) < 4.78 is 0. The lowest BCUT2D eigenvalue weighted by Gasteiger charge is -2.13. The minimum absolute atomic E-state index is 0. The van der Waals surface area contributed by atoms with E-state index in [4.69, 9.17) is 0 Å². The molecule has 1 aliphatic rings. The fourth-order valence-corrected chi connectivity index (χ4v) is 1.79. The molecule has 19 heavy (non-hydrogen) atoms. The van der Waals surface area contributed by atoms with Crippen molar-refractivity contribution in [3.63, 3.8) is 0 Å². The first kappa shape index (κ1) is 14.7. The van der Waals surface area contributed by atoms with Crippen molar-refractivity contribution in [3.05, 3.63) is 35.4 Å². The van der Waals surface area contributed by atoms with Crippen LogP contribution in [0.25, 0.3) is 0 Å². The molecule has 1 saturated heterocycles. The van der Waals surface area contributed by atoms with Crippen molar-refractivity contribution in [1.29, 1.82) is 0 Å². The highest BCUT2D eigenvalue weighted by Crippen LogP contribution is 2.10. The molecule has 1 aromatic rings. The van der Waals surface area contributed by atoms with E-state index in [1.54, 1.807) is 25.2 Å². The van der Waals surface area contributed by atoms with E-state index in [9.17, 15) is 14.4 Å². The number of imide groups is 1. The van der Waals surface area contributed by atoms with Crippen LogP contribution in [0.3, 0.4) is 0 Å². The standard InChI is InChI=1S/C12H13N3O3.CH4/c1-13-11(17)9-4-2-3-8(5-9)6-15-7-10(16)14-12(15)18;/h2-5H,6-7H2,1H3,(H,13,17)(H,14,16,18);1H4. The SMILES string of the molecule is C.CNC(=O)c1cccc(CN2CC(=O)NC2=O)c1.